The molecule has 0 atom stereocenters. The molecule has 0 radical (unpaired) electrons. The van der Waals surface area contributed by atoms with E-state index in [1.807, 2.05) is 0 Å². The van der Waals surface area contributed by atoms with E-state index in [2.05, 4.69) is 22.0 Å². The smallest absolute Gasteiger partial charge is 0.337 e. The van der Waals surface area contributed by atoms with Crippen molar-refractivity contribution in [2.45, 2.75) is 6.92 Å². The van der Waals surface area contributed by atoms with E-state index in [1.54, 1.807) is 24.3 Å². The molecule has 10 heteroatoms. The molecule has 2 aromatic carbocycles. The van der Waals surface area contributed by atoms with Gasteiger partial charge in [-0.2, -0.15) is 0 Å². The SMILES string of the molecule is CCN1CCN(c2ccc(C(=O)OC)cc2NC(=O)/C=C/c2ccc(Cl)c([N+](=O)[O-])c2)CC1. The van der Waals surface area contributed by atoms with Gasteiger partial charge >= 0.3 is 5.97 Å². The van der Waals surface area contributed by atoms with Gasteiger partial charge in [-0.1, -0.05) is 24.6 Å². The third kappa shape index (κ3) is 6.09. The highest BCUT2D eigenvalue weighted by molar-refractivity contribution is 6.32. The van der Waals surface area contributed by atoms with Crippen LogP contribution in [-0.4, -0.2) is 61.5 Å². The van der Waals surface area contributed by atoms with Crippen LogP contribution in [0, 0.1) is 10.1 Å². The third-order valence-corrected chi connectivity index (χ3v) is 5.75. The molecule has 1 amide bonds. The van der Waals surface area contributed by atoms with Crippen molar-refractivity contribution in [1.29, 1.82) is 0 Å². The summed E-state index contributed by atoms with van der Waals surface area (Å²) in [7, 11) is 1.30. The lowest BCUT2D eigenvalue weighted by Crippen LogP contribution is -2.46. The van der Waals surface area contributed by atoms with Gasteiger partial charge in [0.15, 0.2) is 0 Å². The number of nitro groups is 1. The number of piperazine rings is 1. The van der Waals surface area contributed by atoms with Crippen molar-refractivity contribution >= 4 is 46.6 Å². The number of rotatable bonds is 7. The van der Waals surface area contributed by atoms with Crippen molar-refractivity contribution in [2.75, 3.05) is 50.1 Å². The van der Waals surface area contributed by atoms with Crippen molar-refractivity contribution in [3.8, 4) is 0 Å². The van der Waals surface area contributed by atoms with Gasteiger partial charge in [0.1, 0.15) is 5.02 Å². The number of carbonyl (C=O) groups is 2. The van der Waals surface area contributed by atoms with Crippen LogP contribution in [-0.2, 0) is 9.53 Å². The van der Waals surface area contributed by atoms with Crippen molar-refractivity contribution in [2.24, 2.45) is 0 Å². The van der Waals surface area contributed by atoms with E-state index in [9.17, 15) is 19.7 Å². The van der Waals surface area contributed by atoms with Crippen molar-refractivity contribution < 1.29 is 19.2 Å². The molecule has 1 aliphatic heterocycles. The van der Waals surface area contributed by atoms with Crippen LogP contribution in [0.5, 0.6) is 0 Å². The molecule has 0 unspecified atom stereocenters. The van der Waals surface area contributed by atoms with Crippen LogP contribution in [0.15, 0.2) is 42.5 Å². The van der Waals surface area contributed by atoms with E-state index in [-0.39, 0.29) is 10.7 Å². The number of hydrogen-bond acceptors (Lipinski definition) is 7. The number of halogens is 1. The first-order valence-electron chi connectivity index (χ1n) is 10.4. The van der Waals surface area contributed by atoms with Crippen LogP contribution in [0.2, 0.25) is 5.02 Å². The first kappa shape index (κ1) is 24.2. The van der Waals surface area contributed by atoms with Crippen molar-refractivity contribution in [3.63, 3.8) is 0 Å². The zero-order chi connectivity index (χ0) is 24.0. The Hall–Kier alpha value is -3.43. The normalized spacial score (nSPS) is 14.3. The molecule has 1 saturated heterocycles. The van der Waals surface area contributed by atoms with Crippen molar-refractivity contribution in [3.05, 3.63) is 68.7 Å². The van der Waals surface area contributed by atoms with Crippen LogP contribution < -0.4 is 10.2 Å². The predicted octanol–water partition coefficient (Wildman–Crippen LogP) is 3.83. The zero-order valence-corrected chi connectivity index (χ0v) is 19.2. The summed E-state index contributed by atoms with van der Waals surface area (Å²) in [5.41, 5.74) is 1.84. The Labute approximate surface area is 196 Å². The quantitative estimate of drug-likeness (QED) is 0.282. The van der Waals surface area contributed by atoms with Gasteiger partial charge in [0.05, 0.1) is 29.0 Å². The summed E-state index contributed by atoms with van der Waals surface area (Å²) in [4.78, 5) is 39.7. The summed E-state index contributed by atoms with van der Waals surface area (Å²) in [6.07, 6.45) is 2.74. The molecule has 0 saturated carbocycles. The van der Waals surface area contributed by atoms with Crippen LogP contribution in [0.4, 0.5) is 17.1 Å². The number of nitrogens with zero attached hydrogens (tertiary/aromatic N) is 3. The fourth-order valence-electron chi connectivity index (χ4n) is 3.58. The Bertz CT molecular complexity index is 1080. The van der Waals surface area contributed by atoms with E-state index >= 15 is 0 Å². The highest BCUT2D eigenvalue weighted by atomic mass is 35.5. The number of benzene rings is 2. The number of likely N-dealkylation sites (N-methyl/N-ethyl adjacent to an activating group) is 1. The molecule has 9 nitrogen and oxygen atoms in total. The number of carbonyl (C=O) groups excluding carboxylic acids is 2. The second-order valence-corrected chi connectivity index (χ2v) is 7.84. The highest BCUT2D eigenvalue weighted by Crippen LogP contribution is 2.29. The van der Waals surface area contributed by atoms with Crippen molar-refractivity contribution in [1.82, 2.24) is 4.90 Å². The Morgan fingerprint density at radius 3 is 2.55 bits per heavy atom. The summed E-state index contributed by atoms with van der Waals surface area (Å²) in [6.45, 7) is 6.48. The maximum absolute atomic E-state index is 12.7. The van der Waals surface area contributed by atoms with Crippen LogP contribution in [0.1, 0.15) is 22.8 Å². The van der Waals surface area contributed by atoms with Gasteiger partial charge in [-0.15, -0.1) is 0 Å². The van der Waals surface area contributed by atoms with Gasteiger partial charge in [0, 0.05) is 38.3 Å². The second-order valence-electron chi connectivity index (χ2n) is 7.44. The molecule has 1 fully saturated rings. The first-order valence-corrected chi connectivity index (χ1v) is 10.8. The number of hydrogen-bond donors (Lipinski definition) is 1. The number of anilines is 2. The van der Waals surface area contributed by atoms with Gasteiger partial charge in [0.25, 0.3) is 5.69 Å². The van der Waals surface area contributed by atoms with Gasteiger partial charge in [0.2, 0.25) is 5.91 Å². The van der Waals surface area contributed by atoms with Crippen LogP contribution in [0.25, 0.3) is 6.08 Å². The number of ether oxygens (including phenoxy) is 1. The van der Waals surface area contributed by atoms with E-state index in [4.69, 9.17) is 16.3 Å². The Morgan fingerprint density at radius 1 is 1.18 bits per heavy atom. The molecule has 33 heavy (non-hydrogen) atoms. The summed E-state index contributed by atoms with van der Waals surface area (Å²) >= 11 is 5.83. The monoisotopic (exact) mass is 472 g/mol. The van der Waals surface area contributed by atoms with E-state index < -0.39 is 16.8 Å². The summed E-state index contributed by atoms with van der Waals surface area (Å²) in [6, 6.07) is 9.34. The molecule has 0 spiro atoms. The molecule has 0 aromatic heterocycles. The largest absolute Gasteiger partial charge is 0.465 e. The van der Waals surface area contributed by atoms with E-state index in [0.717, 1.165) is 38.4 Å². The lowest BCUT2D eigenvalue weighted by atomic mass is 10.1. The average molecular weight is 473 g/mol. The summed E-state index contributed by atoms with van der Waals surface area (Å²) in [5.74, 6) is -0.945. The third-order valence-electron chi connectivity index (χ3n) is 5.43. The van der Waals surface area contributed by atoms with Gasteiger partial charge in [-0.25, -0.2) is 4.79 Å². The minimum atomic E-state index is -0.581. The lowest BCUT2D eigenvalue weighted by molar-refractivity contribution is -0.384. The molecule has 174 valence electrons. The van der Waals surface area contributed by atoms with Gasteiger partial charge < -0.3 is 19.9 Å². The minimum Gasteiger partial charge on any atom is -0.465 e. The fourth-order valence-corrected chi connectivity index (χ4v) is 3.77. The Balaban J connectivity index is 1.82. The predicted molar refractivity (Wildman–Crippen MR) is 128 cm³/mol. The molecule has 0 aliphatic carbocycles. The maximum Gasteiger partial charge on any atom is 0.337 e. The summed E-state index contributed by atoms with van der Waals surface area (Å²) < 4.78 is 4.80. The van der Waals surface area contributed by atoms with Gasteiger partial charge in [-0.3, -0.25) is 14.9 Å². The number of amides is 1. The standard InChI is InChI=1S/C23H25ClN4O5/c1-3-26-10-12-27(13-11-26)20-8-6-17(23(30)33-2)15-19(20)25-22(29)9-5-16-4-7-18(24)21(14-16)28(31)32/h4-9,14-15H,3,10-13H2,1-2H3,(H,25,29)/b9-5+. The molecule has 1 heterocycles. The molecular weight excluding hydrogens is 448 g/mol. The molecule has 1 N–H and O–H groups in total. The number of nitrogens with one attached hydrogen (secondary N) is 1. The summed E-state index contributed by atoms with van der Waals surface area (Å²) in [5, 5.41) is 13.9. The minimum absolute atomic E-state index is 0.0223. The molecular formula is C23H25ClN4O5. The van der Waals surface area contributed by atoms with E-state index in [1.165, 1.54) is 31.4 Å². The molecule has 2 aromatic rings. The number of methoxy groups -OCH3 is 1. The zero-order valence-electron chi connectivity index (χ0n) is 18.4. The maximum atomic E-state index is 12.7. The Kier molecular flexibility index (Phi) is 8.02. The van der Waals surface area contributed by atoms with Gasteiger partial charge in [-0.05, 0) is 42.4 Å². The molecule has 3 rings (SSSR count). The lowest BCUT2D eigenvalue weighted by Gasteiger charge is -2.36. The van der Waals surface area contributed by atoms with E-state index in [0.29, 0.717) is 16.8 Å². The highest BCUT2D eigenvalue weighted by Gasteiger charge is 2.20. The topological polar surface area (TPSA) is 105 Å². The first-order chi connectivity index (χ1) is 15.8. The average Bonchev–Trinajstić information content (AvgIpc) is 2.83. The number of esters is 1. The molecule has 1 aliphatic rings. The fraction of sp³-hybridized carbons (Fsp3) is 0.304. The second kappa shape index (κ2) is 10.9. The van der Waals surface area contributed by atoms with Crippen LogP contribution >= 0.6 is 11.6 Å². The Morgan fingerprint density at radius 2 is 1.91 bits per heavy atom. The van der Waals surface area contributed by atoms with Crippen LogP contribution in [0.3, 0.4) is 0 Å². The number of nitro benzene ring substituents is 1. The molecule has 0 bridgehead atoms.